The van der Waals surface area contributed by atoms with Crippen molar-refractivity contribution >= 4 is 14.0 Å². The average molecular weight is 495 g/mol. The Balaban J connectivity index is 2.32. The fourth-order valence-corrected chi connectivity index (χ4v) is 5.18. The molecule has 0 amide bonds. The molecule has 3 rings (SSSR count). The number of halogens is 1. The lowest BCUT2D eigenvalue weighted by atomic mass is 9.88. The first-order chi connectivity index (χ1) is 16.8. The van der Waals surface area contributed by atoms with E-state index in [4.69, 9.17) is 15.9 Å². The summed E-state index contributed by atoms with van der Waals surface area (Å²) in [5.74, 6) is -1.33. The molecular formula is C27H27FNO5P. The van der Waals surface area contributed by atoms with Crippen molar-refractivity contribution in [1.29, 1.82) is 0 Å². The van der Waals surface area contributed by atoms with E-state index in [9.17, 15) is 18.9 Å². The SMILES string of the molecule is C#COC(=O)CC(O)C(c1c(C(C)C)cc(-c2ccccc2)nc1-c1ccc(F)cc1)[PH](=O)OC. The Morgan fingerprint density at radius 3 is 2.37 bits per heavy atom. The minimum atomic E-state index is -2.92. The maximum absolute atomic E-state index is 13.7. The molecule has 8 heteroatoms. The molecule has 0 radical (unpaired) electrons. The standard InChI is InChI=1S/C27H27FNO5P/c1-5-34-24(31)16-23(30)27(35(32)33-4)25-21(17(2)3)15-22(18-9-7-6-8-10-18)29-26(25)19-11-13-20(28)14-12-19/h1,6-15,17,23,27,30,35H,16H2,2-4H3. The zero-order valence-electron chi connectivity index (χ0n) is 19.7. The third-order valence-corrected chi connectivity index (χ3v) is 7.18. The minimum Gasteiger partial charge on any atom is -0.391 e. The van der Waals surface area contributed by atoms with Crippen LogP contribution in [0.3, 0.4) is 0 Å². The van der Waals surface area contributed by atoms with Crippen LogP contribution in [-0.2, 0) is 18.6 Å². The van der Waals surface area contributed by atoms with E-state index in [0.717, 1.165) is 11.1 Å². The van der Waals surface area contributed by atoms with E-state index in [-0.39, 0.29) is 5.92 Å². The molecule has 3 atom stereocenters. The first-order valence-electron chi connectivity index (χ1n) is 11.0. The fraction of sp³-hybridized carbons (Fsp3) is 0.259. The van der Waals surface area contributed by atoms with E-state index < -0.39 is 38.0 Å². The number of aliphatic hydroxyl groups excluding tert-OH is 1. The van der Waals surface area contributed by atoms with Crippen LogP contribution < -0.4 is 0 Å². The van der Waals surface area contributed by atoms with Gasteiger partial charge in [-0.15, -0.1) is 0 Å². The Labute approximate surface area is 205 Å². The summed E-state index contributed by atoms with van der Waals surface area (Å²) in [6, 6.07) is 17.2. The van der Waals surface area contributed by atoms with Gasteiger partial charge < -0.3 is 14.4 Å². The quantitative estimate of drug-likeness (QED) is 0.232. The number of carbonyl (C=O) groups excluding carboxylic acids is 1. The van der Waals surface area contributed by atoms with E-state index in [2.05, 4.69) is 4.74 Å². The molecule has 35 heavy (non-hydrogen) atoms. The van der Waals surface area contributed by atoms with E-state index in [1.54, 1.807) is 18.2 Å². The van der Waals surface area contributed by atoms with Gasteiger partial charge in [-0.2, -0.15) is 0 Å². The van der Waals surface area contributed by atoms with Crippen LogP contribution in [0.15, 0.2) is 60.7 Å². The Bertz CT molecular complexity index is 1240. The summed E-state index contributed by atoms with van der Waals surface area (Å²) < 4.78 is 36.7. The summed E-state index contributed by atoms with van der Waals surface area (Å²) in [4.78, 5) is 16.9. The molecule has 0 saturated carbocycles. The second-order valence-corrected chi connectivity index (χ2v) is 9.92. The lowest BCUT2D eigenvalue weighted by molar-refractivity contribution is -0.139. The summed E-state index contributed by atoms with van der Waals surface area (Å²) in [6.07, 6.45) is 4.90. The Morgan fingerprint density at radius 1 is 1.14 bits per heavy atom. The van der Waals surface area contributed by atoms with Crippen LogP contribution in [0.4, 0.5) is 4.39 Å². The monoisotopic (exact) mass is 495 g/mol. The molecule has 0 bridgehead atoms. The van der Waals surface area contributed by atoms with Crippen LogP contribution in [0.5, 0.6) is 0 Å². The van der Waals surface area contributed by atoms with Gasteiger partial charge in [0.1, 0.15) is 11.9 Å². The summed E-state index contributed by atoms with van der Waals surface area (Å²) >= 11 is 0. The van der Waals surface area contributed by atoms with Gasteiger partial charge in [0.2, 0.25) is 8.03 Å². The Hall–Kier alpha value is -3.30. The fourth-order valence-electron chi connectivity index (χ4n) is 3.95. The maximum Gasteiger partial charge on any atom is 0.322 e. The van der Waals surface area contributed by atoms with Crippen molar-refractivity contribution in [2.75, 3.05) is 7.11 Å². The summed E-state index contributed by atoms with van der Waals surface area (Å²) in [6.45, 7) is 3.92. The van der Waals surface area contributed by atoms with Crippen molar-refractivity contribution in [3.63, 3.8) is 0 Å². The molecule has 1 aromatic heterocycles. The van der Waals surface area contributed by atoms with Crippen molar-refractivity contribution in [3.8, 4) is 35.0 Å². The highest BCUT2D eigenvalue weighted by atomic mass is 31.1. The molecule has 1 heterocycles. The van der Waals surface area contributed by atoms with Gasteiger partial charge in [-0.1, -0.05) is 50.6 Å². The predicted molar refractivity (Wildman–Crippen MR) is 133 cm³/mol. The van der Waals surface area contributed by atoms with Crippen LogP contribution in [-0.4, -0.2) is 29.3 Å². The maximum atomic E-state index is 13.7. The number of aromatic nitrogens is 1. The van der Waals surface area contributed by atoms with Crippen molar-refractivity contribution in [2.24, 2.45) is 0 Å². The number of pyridine rings is 1. The van der Waals surface area contributed by atoms with Gasteiger partial charge in [0, 0.05) is 18.2 Å². The number of aliphatic hydroxyl groups is 1. The number of esters is 1. The molecule has 0 spiro atoms. The third-order valence-electron chi connectivity index (χ3n) is 5.60. The van der Waals surface area contributed by atoms with Crippen LogP contribution in [0.1, 0.15) is 43.0 Å². The Morgan fingerprint density at radius 2 is 1.80 bits per heavy atom. The highest BCUT2D eigenvalue weighted by molar-refractivity contribution is 7.39. The molecule has 0 aliphatic carbocycles. The highest BCUT2D eigenvalue weighted by Gasteiger charge is 2.35. The predicted octanol–water partition coefficient (Wildman–Crippen LogP) is 5.73. The third kappa shape index (κ3) is 6.23. The number of hydrogen-bond acceptors (Lipinski definition) is 6. The van der Waals surface area contributed by atoms with E-state index in [1.165, 1.54) is 19.2 Å². The number of ether oxygens (including phenoxy) is 1. The van der Waals surface area contributed by atoms with Gasteiger partial charge >= 0.3 is 5.97 Å². The molecule has 3 unspecified atom stereocenters. The van der Waals surface area contributed by atoms with Gasteiger partial charge in [0.05, 0.1) is 29.6 Å². The first kappa shape index (κ1) is 26.3. The van der Waals surface area contributed by atoms with Gasteiger partial charge in [-0.25, -0.2) is 9.37 Å². The summed E-state index contributed by atoms with van der Waals surface area (Å²) in [7, 11) is -1.64. The normalized spacial score (nSPS) is 13.6. The average Bonchev–Trinajstić information content (AvgIpc) is 2.85. The van der Waals surface area contributed by atoms with Gasteiger partial charge in [-0.3, -0.25) is 9.36 Å². The van der Waals surface area contributed by atoms with Gasteiger partial charge in [0.25, 0.3) is 0 Å². The van der Waals surface area contributed by atoms with E-state index >= 15 is 0 Å². The largest absolute Gasteiger partial charge is 0.391 e. The second-order valence-electron chi connectivity index (χ2n) is 8.25. The number of benzene rings is 2. The molecule has 0 aliphatic rings. The lowest BCUT2D eigenvalue weighted by Gasteiger charge is -2.28. The first-order valence-corrected chi connectivity index (χ1v) is 12.4. The number of carbonyl (C=O) groups is 1. The van der Waals surface area contributed by atoms with Crippen LogP contribution in [0.25, 0.3) is 22.5 Å². The van der Waals surface area contributed by atoms with Crippen molar-refractivity contribution in [2.45, 2.75) is 37.9 Å². The minimum absolute atomic E-state index is 0.0753. The Kier molecular flexibility index (Phi) is 8.95. The number of rotatable bonds is 9. The number of terminal acetylenes is 1. The van der Waals surface area contributed by atoms with Crippen LogP contribution >= 0.6 is 8.03 Å². The van der Waals surface area contributed by atoms with E-state index in [0.29, 0.717) is 22.5 Å². The van der Waals surface area contributed by atoms with Gasteiger partial charge in [-0.05, 0) is 47.4 Å². The molecular weight excluding hydrogens is 468 g/mol. The van der Waals surface area contributed by atoms with Gasteiger partial charge in [0.15, 0.2) is 0 Å². The number of hydrogen-bond donors (Lipinski definition) is 1. The zero-order valence-corrected chi connectivity index (χ0v) is 20.7. The summed E-state index contributed by atoms with van der Waals surface area (Å²) in [5, 5.41) is 11.1. The molecule has 3 aromatic rings. The topological polar surface area (TPSA) is 85.7 Å². The lowest BCUT2D eigenvalue weighted by Crippen LogP contribution is -2.23. The highest BCUT2D eigenvalue weighted by Crippen LogP contribution is 2.50. The van der Waals surface area contributed by atoms with E-state index in [1.807, 2.05) is 50.2 Å². The van der Waals surface area contributed by atoms with Crippen LogP contribution in [0.2, 0.25) is 0 Å². The zero-order chi connectivity index (χ0) is 25.5. The summed E-state index contributed by atoms with van der Waals surface area (Å²) in [5.41, 5.74) is 2.65. The smallest absolute Gasteiger partial charge is 0.322 e. The molecule has 0 saturated heterocycles. The van der Waals surface area contributed by atoms with Crippen molar-refractivity contribution in [3.05, 3.63) is 77.6 Å². The second kappa shape index (κ2) is 11.9. The van der Waals surface area contributed by atoms with Crippen molar-refractivity contribution in [1.82, 2.24) is 4.98 Å². The van der Waals surface area contributed by atoms with Crippen LogP contribution in [0, 0.1) is 18.3 Å². The van der Waals surface area contributed by atoms with Crippen molar-refractivity contribution < 1.29 is 28.1 Å². The number of nitrogens with zero attached hydrogens (tertiary/aromatic N) is 1. The molecule has 0 aliphatic heterocycles. The molecule has 182 valence electrons. The molecule has 6 nitrogen and oxygen atoms in total. The molecule has 1 N–H and O–H groups in total. The molecule has 0 fully saturated rings. The molecule has 2 aromatic carbocycles.